The van der Waals surface area contributed by atoms with Crippen molar-refractivity contribution in [2.45, 2.75) is 18.9 Å². The third-order valence-electron chi connectivity index (χ3n) is 5.44. The van der Waals surface area contributed by atoms with E-state index in [9.17, 15) is 4.39 Å². The standard InChI is InChI=1S/C21H27FN6/c1-23-21(27-14-10-20(16-27)26-12-2-3-13-26)24-11-8-18-9-15-28(25-18)19-6-4-17(22)5-7-19/h2-7,9,15,20H,8,10-14,16H2,1H3,(H,23,24). The van der Waals surface area contributed by atoms with E-state index in [0.717, 1.165) is 56.5 Å². The van der Waals surface area contributed by atoms with Crippen LogP contribution >= 0.6 is 0 Å². The van der Waals surface area contributed by atoms with E-state index in [2.05, 4.69) is 37.4 Å². The van der Waals surface area contributed by atoms with Crippen LogP contribution in [0.3, 0.4) is 0 Å². The summed E-state index contributed by atoms with van der Waals surface area (Å²) in [5.41, 5.74) is 1.85. The first-order valence-corrected chi connectivity index (χ1v) is 9.88. The predicted octanol–water partition coefficient (Wildman–Crippen LogP) is 2.08. The number of aliphatic imine (C=N–C) groups is 1. The summed E-state index contributed by atoms with van der Waals surface area (Å²) >= 11 is 0. The van der Waals surface area contributed by atoms with E-state index >= 15 is 0 Å². The van der Waals surface area contributed by atoms with Crippen molar-refractivity contribution >= 4 is 5.96 Å². The predicted molar refractivity (Wildman–Crippen MR) is 109 cm³/mol. The van der Waals surface area contributed by atoms with Crippen LogP contribution in [0.25, 0.3) is 5.69 Å². The van der Waals surface area contributed by atoms with Gasteiger partial charge in [0.2, 0.25) is 0 Å². The van der Waals surface area contributed by atoms with Crippen molar-refractivity contribution in [1.29, 1.82) is 0 Å². The van der Waals surface area contributed by atoms with Crippen LogP contribution in [0, 0.1) is 5.82 Å². The molecule has 2 aliphatic rings. The Morgan fingerprint density at radius 1 is 1.21 bits per heavy atom. The summed E-state index contributed by atoms with van der Waals surface area (Å²) in [5, 5.41) is 8.05. The van der Waals surface area contributed by atoms with Crippen molar-refractivity contribution in [3.05, 3.63) is 60.2 Å². The molecule has 0 radical (unpaired) electrons. The first-order valence-electron chi connectivity index (χ1n) is 9.88. The topological polar surface area (TPSA) is 48.7 Å². The van der Waals surface area contributed by atoms with Crippen LogP contribution in [-0.4, -0.2) is 71.4 Å². The van der Waals surface area contributed by atoms with Gasteiger partial charge in [-0.3, -0.25) is 9.89 Å². The fraction of sp³-hybridized carbons (Fsp3) is 0.429. The number of nitrogens with one attached hydrogen (secondary N) is 1. The number of aromatic nitrogens is 2. The zero-order chi connectivity index (χ0) is 19.3. The summed E-state index contributed by atoms with van der Waals surface area (Å²) < 4.78 is 14.8. The third kappa shape index (κ3) is 4.25. The summed E-state index contributed by atoms with van der Waals surface area (Å²) in [4.78, 5) is 9.33. The second kappa shape index (κ2) is 8.56. The van der Waals surface area contributed by atoms with Crippen LogP contribution in [0.5, 0.6) is 0 Å². The average Bonchev–Trinajstić information content (AvgIpc) is 3.47. The Bertz CT molecular complexity index is 833. The molecule has 28 heavy (non-hydrogen) atoms. The van der Waals surface area contributed by atoms with Gasteiger partial charge in [0.05, 0.1) is 11.4 Å². The van der Waals surface area contributed by atoms with Gasteiger partial charge in [-0.25, -0.2) is 9.07 Å². The lowest BCUT2D eigenvalue weighted by Crippen LogP contribution is -2.43. The van der Waals surface area contributed by atoms with Gasteiger partial charge in [0.15, 0.2) is 5.96 Å². The van der Waals surface area contributed by atoms with Crippen LogP contribution in [0.1, 0.15) is 12.1 Å². The fourth-order valence-corrected chi connectivity index (χ4v) is 3.89. The van der Waals surface area contributed by atoms with Gasteiger partial charge < -0.3 is 10.2 Å². The maximum absolute atomic E-state index is 13.1. The molecule has 1 aromatic heterocycles. The van der Waals surface area contributed by atoms with Gasteiger partial charge >= 0.3 is 0 Å². The maximum Gasteiger partial charge on any atom is 0.193 e. The molecule has 0 aliphatic carbocycles. The van der Waals surface area contributed by atoms with E-state index in [0.29, 0.717) is 6.04 Å². The zero-order valence-corrected chi connectivity index (χ0v) is 16.3. The molecule has 1 unspecified atom stereocenters. The minimum absolute atomic E-state index is 0.239. The highest BCUT2D eigenvalue weighted by molar-refractivity contribution is 5.80. The lowest BCUT2D eigenvalue weighted by Gasteiger charge is -2.25. The molecule has 2 aromatic rings. The Balaban J connectivity index is 1.27. The van der Waals surface area contributed by atoms with Gasteiger partial charge in [0.25, 0.3) is 0 Å². The molecule has 4 rings (SSSR count). The molecule has 0 spiro atoms. The molecule has 0 amide bonds. The second-order valence-electron chi connectivity index (χ2n) is 7.27. The fourth-order valence-electron chi connectivity index (χ4n) is 3.89. The van der Waals surface area contributed by atoms with Crippen LogP contribution < -0.4 is 5.32 Å². The summed E-state index contributed by atoms with van der Waals surface area (Å²) in [6.07, 6.45) is 8.40. The van der Waals surface area contributed by atoms with E-state index < -0.39 is 0 Å². The van der Waals surface area contributed by atoms with Crippen molar-refractivity contribution < 1.29 is 4.39 Å². The lowest BCUT2D eigenvalue weighted by molar-refractivity contribution is 0.259. The maximum atomic E-state index is 13.1. The molecule has 0 bridgehead atoms. The van der Waals surface area contributed by atoms with Gasteiger partial charge in [0, 0.05) is 58.4 Å². The molecule has 148 valence electrons. The zero-order valence-electron chi connectivity index (χ0n) is 16.3. The minimum atomic E-state index is -0.239. The molecule has 7 heteroatoms. The first-order chi connectivity index (χ1) is 13.7. The highest BCUT2D eigenvalue weighted by atomic mass is 19.1. The summed E-state index contributed by atoms with van der Waals surface area (Å²) in [5.74, 6) is 0.726. The van der Waals surface area contributed by atoms with Crippen LogP contribution in [0.4, 0.5) is 4.39 Å². The molecule has 2 aliphatic heterocycles. The van der Waals surface area contributed by atoms with Gasteiger partial charge in [0.1, 0.15) is 5.82 Å². The van der Waals surface area contributed by atoms with Crippen molar-refractivity contribution in [3.63, 3.8) is 0 Å². The third-order valence-corrected chi connectivity index (χ3v) is 5.44. The number of halogens is 1. The largest absolute Gasteiger partial charge is 0.356 e. The molecule has 1 N–H and O–H groups in total. The Kier molecular flexibility index (Phi) is 5.71. The van der Waals surface area contributed by atoms with Crippen molar-refractivity contribution in [3.8, 4) is 5.69 Å². The Labute approximate surface area is 165 Å². The molecule has 1 saturated heterocycles. The molecular weight excluding hydrogens is 355 g/mol. The van der Waals surface area contributed by atoms with Gasteiger partial charge in [-0.05, 0) is 36.8 Å². The van der Waals surface area contributed by atoms with Crippen LogP contribution in [0.15, 0.2) is 53.7 Å². The van der Waals surface area contributed by atoms with Crippen LogP contribution in [0.2, 0.25) is 0 Å². The second-order valence-corrected chi connectivity index (χ2v) is 7.27. The van der Waals surface area contributed by atoms with Crippen LogP contribution in [-0.2, 0) is 6.42 Å². The number of nitrogens with zero attached hydrogens (tertiary/aromatic N) is 5. The number of likely N-dealkylation sites (tertiary alicyclic amines) is 1. The van der Waals surface area contributed by atoms with Gasteiger partial charge in [-0.1, -0.05) is 12.2 Å². The quantitative estimate of drug-likeness (QED) is 0.489. The summed E-state index contributed by atoms with van der Waals surface area (Å²) in [7, 11) is 1.84. The number of rotatable bonds is 5. The number of hydrogen-bond donors (Lipinski definition) is 1. The number of benzene rings is 1. The highest BCUT2D eigenvalue weighted by Gasteiger charge is 2.29. The molecule has 0 saturated carbocycles. The lowest BCUT2D eigenvalue weighted by atomic mass is 10.2. The molecule has 1 aromatic carbocycles. The number of hydrogen-bond acceptors (Lipinski definition) is 3. The average molecular weight is 382 g/mol. The molecular formula is C21H27FN6. The minimum Gasteiger partial charge on any atom is -0.356 e. The monoisotopic (exact) mass is 382 g/mol. The summed E-state index contributed by atoms with van der Waals surface area (Å²) in [6.45, 7) is 4.99. The normalized spacial score (nSPS) is 20.3. The SMILES string of the molecule is CN=C(NCCc1ccn(-c2ccc(F)cc2)n1)N1CCC(N2CC=CC2)C1. The smallest absolute Gasteiger partial charge is 0.193 e. The summed E-state index contributed by atoms with van der Waals surface area (Å²) in [6, 6.07) is 8.96. The molecule has 6 nitrogen and oxygen atoms in total. The van der Waals surface area contributed by atoms with E-state index in [1.54, 1.807) is 16.8 Å². The van der Waals surface area contributed by atoms with Crippen molar-refractivity contribution in [1.82, 2.24) is 24.9 Å². The molecule has 1 fully saturated rings. The number of guanidine groups is 1. The van der Waals surface area contributed by atoms with E-state index in [1.165, 1.54) is 18.6 Å². The Hall–Kier alpha value is -2.67. The van der Waals surface area contributed by atoms with E-state index in [1.807, 2.05) is 19.3 Å². The Morgan fingerprint density at radius 3 is 2.75 bits per heavy atom. The van der Waals surface area contributed by atoms with E-state index in [4.69, 9.17) is 0 Å². The molecule has 1 atom stereocenters. The van der Waals surface area contributed by atoms with Gasteiger partial charge in [-0.15, -0.1) is 0 Å². The molecule has 3 heterocycles. The van der Waals surface area contributed by atoms with Crippen molar-refractivity contribution in [2.24, 2.45) is 4.99 Å². The van der Waals surface area contributed by atoms with Crippen molar-refractivity contribution in [2.75, 3.05) is 39.8 Å². The van der Waals surface area contributed by atoms with E-state index in [-0.39, 0.29) is 5.82 Å². The Morgan fingerprint density at radius 2 is 2.00 bits per heavy atom. The van der Waals surface area contributed by atoms with Gasteiger partial charge in [-0.2, -0.15) is 5.10 Å². The first kappa shape index (κ1) is 18.7. The highest BCUT2D eigenvalue weighted by Crippen LogP contribution is 2.18.